The molecular formula is C17H22N2O5S. The SMILES string of the molecule is CCOc1ccc(CS(=O)(=O)NC(C)C(=O)NCc2ccco2)cc1. The molecule has 1 amide bonds. The number of nitrogens with one attached hydrogen (secondary N) is 2. The molecule has 0 bridgehead atoms. The molecule has 1 aromatic carbocycles. The molecule has 0 saturated heterocycles. The summed E-state index contributed by atoms with van der Waals surface area (Å²) < 4.78 is 37.2. The fourth-order valence-electron chi connectivity index (χ4n) is 2.17. The predicted octanol–water partition coefficient (Wildman–Crippen LogP) is 1.80. The highest BCUT2D eigenvalue weighted by molar-refractivity contribution is 7.88. The molecule has 2 N–H and O–H groups in total. The summed E-state index contributed by atoms with van der Waals surface area (Å²) in [5, 5.41) is 2.62. The number of furan rings is 1. The normalized spacial score (nSPS) is 12.6. The van der Waals surface area contributed by atoms with Crippen LogP contribution in [-0.2, 0) is 27.1 Å². The number of benzene rings is 1. The summed E-state index contributed by atoms with van der Waals surface area (Å²) in [6.45, 7) is 4.12. The number of amides is 1. The van der Waals surface area contributed by atoms with Crippen LogP contribution in [0.5, 0.6) is 5.75 Å². The van der Waals surface area contributed by atoms with Crippen molar-refractivity contribution in [3.8, 4) is 5.75 Å². The number of ether oxygens (including phenoxy) is 1. The van der Waals surface area contributed by atoms with E-state index in [1.54, 1.807) is 36.4 Å². The van der Waals surface area contributed by atoms with Crippen molar-refractivity contribution in [1.29, 1.82) is 0 Å². The minimum absolute atomic E-state index is 0.205. The van der Waals surface area contributed by atoms with Crippen LogP contribution < -0.4 is 14.8 Å². The Hall–Kier alpha value is -2.32. The van der Waals surface area contributed by atoms with E-state index in [4.69, 9.17) is 9.15 Å². The van der Waals surface area contributed by atoms with Crippen LogP contribution in [0.2, 0.25) is 0 Å². The van der Waals surface area contributed by atoms with Crippen LogP contribution in [0.25, 0.3) is 0 Å². The van der Waals surface area contributed by atoms with Gasteiger partial charge in [0.15, 0.2) is 0 Å². The minimum atomic E-state index is -3.65. The number of sulfonamides is 1. The van der Waals surface area contributed by atoms with Crippen LogP contribution >= 0.6 is 0 Å². The van der Waals surface area contributed by atoms with Crippen molar-refractivity contribution in [3.05, 3.63) is 54.0 Å². The molecule has 1 atom stereocenters. The fraction of sp³-hybridized carbons (Fsp3) is 0.353. The number of carbonyl (C=O) groups excluding carboxylic acids is 1. The van der Waals surface area contributed by atoms with Crippen molar-refractivity contribution < 1.29 is 22.4 Å². The molecule has 0 aliphatic heterocycles. The van der Waals surface area contributed by atoms with E-state index in [1.165, 1.54) is 13.2 Å². The van der Waals surface area contributed by atoms with Crippen LogP contribution in [0.15, 0.2) is 47.1 Å². The largest absolute Gasteiger partial charge is 0.494 e. The van der Waals surface area contributed by atoms with Crippen LogP contribution in [-0.4, -0.2) is 27.0 Å². The first-order valence-electron chi connectivity index (χ1n) is 7.91. The molecule has 25 heavy (non-hydrogen) atoms. The Balaban J connectivity index is 1.87. The molecule has 8 heteroatoms. The van der Waals surface area contributed by atoms with Gasteiger partial charge in [-0.25, -0.2) is 13.1 Å². The van der Waals surface area contributed by atoms with E-state index in [9.17, 15) is 13.2 Å². The molecule has 1 aromatic heterocycles. The van der Waals surface area contributed by atoms with Gasteiger partial charge in [-0.2, -0.15) is 0 Å². The van der Waals surface area contributed by atoms with Crippen molar-refractivity contribution in [2.75, 3.05) is 6.61 Å². The summed E-state index contributed by atoms with van der Waals surface area (Å²) in [5.74, 6) is 0.640. The zero-order valence-electron chi connectivity index (χ0n) is 14.2. The van der Waals surface area contributed by atoms with Gasteiger partial charge in [0.25, 0.3) is 0 Å². The molecule has 0 saturated carbocycles. The van der Waals surface area contributed by atoms with Gasteiger partial charge < -0.3 is 14.5 Å². The molecule has 0 radical (unpaired) electrons. The standard InChI is InChI=1S/C17H22N2O5S/c1-3-23-15-8-6-14(7-9-15)12-25(21,22)19-13(2)17(20)18-11-16-5-4-10-24-16/h4-10,13,19H,3,11-12H2,1-2H3,(H,18,20). The third-order valence-corrected chi connectivity index (χ3v) is 4.78. The average Bonchev–Trinajstić information content (AvgIpc) is 3.07. The Kier molecular flexibility index (Phi) is 6.60. The lowest BCUT2D eigenvalue weighted by Gasteiger charge is -2.14. The maximum atomic E-state index is 12.2. The highest BCUT2D eigenvalue weighted by Gasteiger charge is 2.20. The van der Waals surface area contributed by atoms with E-state index >= 15 is 0 Å². The molecule has 0 fully saturated rings. The molecular weight excluding hydrogens is 344 g/mol. The van der Waals surface area contributed by atoms with Gasteiger partial charge in [-0.1, -0.05) is 12.1 Å². The molecule has 0 aliphatic carbocycles. The first-order valence-corrected chi connectivity index (χ1v) is 9.56. The Bertz CT molecular complexity index is 770. The van der Waals surface area contributed by atoms with E-state index < -0.39 is 22.0 Å². The lowest BCUT2D eigenvalue weighted by molar-refractivity contribution is -0.122. The second-order valence-electron chi connectivity index (χ2n) is 5.47. The third kappa shape index (κ3) is 6.24. The second kappa shape index (κ2) is 8.68. The van der Waals surface area contributed by atoms with Gasteiger partial charge >= 0.3 is 0 Å². The van der Waals surface area contributed by atoms with E-state index in [-0.39, 0.29) is 12.3 Å². The van der Waals surface area contributed by atoms with Crippen molar-refractivity contribution in [3.63, 3.8) is 0 Å². The van der Waals surface area contributed by atoms with Gasteiger partial charge in [-0.15, -0.1) is 0 Å². The van der Waals surface area contributed by atoms with Gasteiger partial charge in [0.05, 0.1) is 31.2 Å². The van der Waals surface area contributed by atoms with Crippen molar-refractivity contribution in [2.24, 2.45) is 0 Å². The zero-order chi connectivity index (χ0) is 18.3. The van der Waals surface area contributed by atoms with Crippen LogP contribution in [0.3, 0.4) is 0 Å². The van der Waals surface area contributed by atoms with E-state index in [2.05, 4.69) is 10.0 Å². The number of carbonyl (C=O) groups is 1. The van der Waals surface area contributed by atoms with Crippen molar-refractivity contribution in [2.45, 2.75) is 32.2 Å². The van der Waals surface area contributed by atoms with Crippen molar-refractivity contribution in [1.82, 2.24) is 10.0 Å². The summed E-state index contributed by atoms with van der Waals surface area (Å²) in [6, 6.07) is 9.35. The first-order chi connectivity index (χ1) is 11.9. The smallest absolute Gasteiger partial charge is 0.238 e. The lowest BCUT2D eigenvalue weighted by atomic mass is 10.2. The summed E-state index contributed by atoms with van der Waals surface area (Å²) >= 11 is 0. The van der Waals surface area contributed by atoms with Crippen LogP contribution in [0.4, 0.5) is 0 Å². The minimum Gasteiger partial charge on any atom is -0.494 e. The molecule has 1 unspecified atom stereocenters. The maximum Gasteiger partial charge on any atom is 0.238 e. The number of rotatable bonds is 9. The first kappa shape index (κ1) is 19.0. The van der Waals surface area contributed by atoms with Gasteiger partial charge in [-0.05, 0) is 43.7 Å². The van der Waals surface area contributed by atoms with Gasteiger partial charge in [-0.3, -0.25) is 4.79 Å². The molecule has 0 spiro atoms. The highest BCUT2D eigenvalue weighted by atomic mass is 32.2. The Morgan fingerprint density at radius 3 is 2.56 bits per heavy atom. The maximum absolute atomic E-state index is 12.2. The summed E-state index contributed by atoms with van der Waals surface area (Å²) in [4.78, 5) is 12.0. The van der Waals surface area contributed by atoms with Gasteiger partial charge in [0, 0.05) is 0 Å². The number of hydrogen-bond acceptors (Lipinski definition) is 5. The Labute approximate surface area is 147 Å². The quantitative estimate of drug-likeness (QED) is 0.705. The predicted molar refractivity (Wildman–Crippen MR) is 93.4 cm³/mol. The molecule has 0 aliphatic rings. The summed E-state index contributed by atoms with van der Waals surface area (Å²) in [5.41, 5.74) is 0.610. The van der Waals surface area contributed by atoms with E-state index in [0.29, 0.717) is 23.7 Å². The molecule has 1 heterocycles. The lowest BCUT2D eigenvalue weighted by Crippen LogP contribution is -2.44. The summed E-state index contributed by atoms with van der Waals surface area (Å²) in [6.07, 6.45) is 1.50. The van der Waals surface area contributed by atoms with Gasteiger partial charge in [0.1, 0.15) is 11.5 Å². The Morgan fingerprint density at radius 1 is 1.24 bits per heavy atom. The monoisotopic (exact) mass is 366 g/mol. The summed E-state index contributed by atoms with van der Waals surface area (Å²) in [7, 11) is -3.65. The highest BCUT2D eigenvalue weighted by Crippen LogP contribution is 2.14. The fourth-order valence-corrected chi connectivity index (χ4v) is 3.53. The second-order valence-corrected chi connectivity index (χ2v) is 7.23. The number of hydrogen-bond donors (Lipinski definition) is 2. The van der Waals surface area contributed by atoms with Crippen molar-refractivity contribution >= 4 is 15.9 Å². The average molecular weight is 366 g/mol. The third-order valence-electron chi connectivity index (χ3n) is 3.36. The van der Waals surface area contributed by atoms with Crippen LogP contribution in [0.1, 0.15) is 25.2 Å². The zero-order valence-corrected chi connectivity index (χ0v) is 15.0. The molecule has 7 nitrogen and oxygen atoms in total. The van der Waals surface area contributed by atoms with Gasteiger partial charge in [0.2, 0.25) is 15.9 Å². The topological polar surface area (TPSA) is 97.6 Å². The molecule has 136 valence electrons. The van der Waals surface area contributed by atoms with Crippen LogP contribution in [0, 0.1) is 0 Å². The van der Waals surface area contributed by atoms with E-state index in [1.807, 2.05) is 6.92 Å². The van der Waals surface area contributed by atoms with E-state index in [0.717, 1.165) is 0 Å². The Morgan fingerprint density at radius 2 is 1.96 bits per heavy atom. The molecule has 2 aromatic rings. The molecule has 2 rings (SSSR count).